The molecule has 25 heavy (non-hydrogen) atoms. The summed E-state index contributed by atoms with van der Waals surface area (Å²) in [4.78, 5) is 12.6. The molecule has 0 amide bonds. The number of hydrogen-bond donors (Lipinski definition) is 1. The normalized spacial score (nSPS) is 17.7. The van der Waals surface area contributed by atoms with Crippen LogP contribution in [0, 0.1) is 0 Å². The molecule has 0 fully saturated rings. The number of ketones is 1. The van der Waals surface area contributed by atoms with E-state index in [1.54, 1.807) is 0 Å². The molecule has 1 aliphatic rings. The summed E-state index contributed by atoms with van der Waals surface area (Å²) in [5.74, 6) is -0.664. The number of halogens is 3. The predicted molar refractivity (Wildman–Crippen MR) is 91.1 cm³/mol. The van der Waals surface area contributed by atoms with Crippen molar-refractivity contribution < 1.29 is 18.0 Å². The van der Waals surface area contributed by atoms with Crippen LogP contribution >= 0.6 is 0 Å². The molecule has 2 aromatic carbocycles. The van der Waals surface area contributed by atoms with E-state index in [1.165, 1.54) is 24.3 Å². The summed E-state index contributed by atoms with van der Waals surface area (Å²) in [5, 5.41) is 3.27. The van der Waals surface area contributed by atoms with Crippen molar-refractivity contribution in [2.75, 3.05) is 0 Å². The molecule has 2 nitrogen and oxygen atoms in total. The zero-order valence-electron chi connectivity index (χ0n) is 13.9. The van der Waals surface area contributed by atoms with E-state index in [4.69, 9.17) is 0 Å². The lowest BCUT2D eigenvalue weighted by molar-refractivity contribution is -0.137. The third-order valence-electron chi connectivity index (χ3n) is 4.19. The fourth-order valence-electron chi connectivity index (χ4n) is 3.16. The SMILES string of the molecule is CC1(C)Cc2ccccc2/C(=C/C(=O)c2ccccc2C(F)(F)F)N1. The molecule has 0 spiro atoms. The van der Waals surface area contributed by atoms with Gasteiger partial charge in [-0.2, -0.15) is 13.2 Å². The van der Waals surface area contributed by atoms with E-state index in [2.05, 4.69) is 5.32 Å². The molecular weight excluding hydrogens is 327 g/mol. The Morgan fingerprint density at radius 3 is 2.44 bits per heavy atom. The molecule has 2 aromatic rings. The van der Waals surface area contributed by atoms with Gasteiger partial charge in [0.25, 0.3) is 0 Å². The number of nitrogens with one attached hydrogen (secondary N) is 1. The number of hydrogen-bond acceptors (Lipinski definition) is 2. The highest BCUT2D eigenvalue weighted by atomic mass is 19.4. The summed E-state index contributed by atoms with van der Waals surface area (Å²) in [5.41, 5.74) is 0.914. The highest BCUT2D eigenvalue weighted by molar-refractivity contribution is 6.09. The van der Waals surface area contributed by atoms with Crippen molar-refractivity contribution in [1.29, 1.82) is 0 Å². The molecule has 0 bridgehead atoms. The second-order valence-corrected chi connectivity index (χ2v) is 6.81. The van der Waals surface area contributed by atoms with Gasteiger partial charge in [0.1, 0.15) is 0 Å². The molecule has 1 aliphatic heterocycles. The predicted octanol–water partition coefficient (Wildman–Crippen LogP) is 4.85. The lowest BCUT2D eigenvalue weighted by Crippen LogP contribution is -2.43. The second-order valence-electron chi connectivity index (χ2n) is 6.81. The van der Waals surface area contributed by atoms with E-state index in [0.29, 0.717) is 5.70 Å². The van der Waals surface area contributed by atoms with Crippen LogP contribution in [0.1, 0.15) is 40.9 Å². The van der Waals surface area contributed by atoms with Crippen LogP contribution in [0.5, 0.6) is 0 Å². The number of benzene rings is 2. The highest BCUT2D eigenvalue weighted by Gasteiger charge is 2.35. The average molecular weight is 345 g/mol. The minimum Gasteiger partial charge on any atom is -0.379 e. The lowest BCUT2D eigenvalue weighted by atomic mass is 9.85. The maximum atomic E-state index is 13.2. The van der Waals surface area contributed by atoms with E-state index >= 15 is 0 Å². The molecule has 0 saturated heterocycles. The number of fused-ring (bicyclic) bond motifs is 1. The summed E-state index contributed by atoms with van der Waals surface area (Å²) in [7, 11) is 0. The van der Waals surface area contributed by atoms with E-state index in [-0.39, 0.29) is 11.1 Å². The van der Waals surface area contributed by atoms with E-state index in [1.807, 2.05) is 38.1 Å². The van der Waals surface area contributed by atoms with Gasteiger partial charge >= 0.3 is 6.18 Å². The topological polar surface area (TPSA) is 29.1 Å². The zero-order valence-corrected chi connectivity index (χ0v) is 13.9. The van der Waals surface area contributed by atoms with Crippen molar-refractivity contribution >= 4 is 11.5 Å². The van der Waals surface area contributed by atoms with Gasteiger partial charge in [0, 0.05) is 28.4 Å². The fraction of sp³-hybridized carbons (Fsp3) is 0.250. The second kappa shape index (κ2) is 6.06. The summed E-state index contributed by atoms with van der Waals surface area (Å²) in [6.45, 7) is 3.98. The van der Waals surface area contributed by atoms with Gasteiger partial charge < -0.3 is 5.32 Å². The summed E-state index contributed by atoms with van der Waals surface area (Å²) >= 11 is 0. The first-order chi connectivity index (χ1) is 11.7. The van der Waals surface area contributed by atoms with Crippen LogP contribution in [0.4, 0.5) is 13.2 Å². The van der Waals surface area contributed by atoms with E-state index < -0.39 is 17.5 Å². The van der Waals surface area contributed by atoms with Crippen LogP contribution in [0.15, 0.2) is 54.6 Å². The Morgan fingerprint density at radius 2 is 1.72 bits per heavy atom. The van der Waals surface area contributed by atoms with Gasteiger partial charge in [-0.15, -0.1) is 0 Å². The Hall–Kier alpha value is -2.56. The summed E-state index contributed by atoms with van der Waals surface area (Å²) in [6, 6.07) is 12.5. The molecule has 1 heterocycles. The Kier molecular flexibility index (Phi) is 4.19. The molecule has 0 radical (unpaired) electrons. The van der Waals surface area contributed by atoms with Crippen molar-refractivity contribution in [2.24, 2.45) is 0 Å². The van der Waals surface area contributed by atoms with Crippen molar-refractivity contribution in [3.05, 3.63) is 76.9 Å². The van der Waals surface area contributed by atoms with Crippen molar-refractivity contribution in [2.45, 2.75) is 32.0 Å². The van der Waals surface area contributed by atoms with Gasteiger partial charge in [-0.05, 0) is 31.9 Å². The number of alkyl halides is 3. The van der Waals surface area contributed by atoms with Gasteiger partial charge in [0.2, 0.25) is 0 Å². The third-order valence-corrected chi connectivity index (χ3v) is 4.19. The van der Waals surface area contributed by atoms with E-state index in [0.717, 1.165) is 23.6 Å². The zero-order chi connectivity index (χ0) is 18.2. The Labute approximate surface area is 144 Å². The Bertz CT molecular complexity index is 850. The Balaban J connectivity index is 2.06. The highest BCUT2D eigenvalue weighted by Crippen LogP contribution is 2.33. The number of carbonyl (C=O) groups is 1. The first-order valence-electron chi connectivity index (χ1n) is 7.96. The number of allylic oxidation sites excluding steroid dienone is 1. The molecule has 0 saturated carbocycles. The van der Waals surface area contributed by atoms with Crippen LogP contribution in [-0.4, -0.2) is 11.3 Å². The maximum Gasteiger partial charge on any atom is 0.417 e. The minimum absolute atomic E-state index is 0.288. The molecule has 0 aliphatic carbocycles. The summed E-state index contributed by atoms with van der Waals surface area (Å²) in [6.07, 6.45) is -2.53. The van der Waals surface area contributed by atoms with Crippen LogP contribution in [0.25, 0.3) is 5.70 Å². The van der Waals surface area contributed by atoms with Gasteiger partial charge in [-0.1, -0.05) is 42.5 Å². The molecule has 0 atom stereocenters. The Morgan fingerprint density at radius 1 is 1.08 bits per heavy atom. The van der Waals surface area contributed by atoms with Crippen molar-refractivity contribution in [3.8, 4) is 0 Å². The maximum absolute atomic E-state index is 13.2. The lowest BCUT2D eigenvalue weighted by Gasteiger charge is -2.35. The first kappa shape index (κ1) is 17.3. The van der Waals surface area contributed by atoms with Crippen LogP contribution in [0.2, 0.25) is 0 Å². The third kappa shape index (κ3) is 3.60. The molecule has 0 unspecified atom stereocenters. The van der Waals surface area contributed by atoms with E-state index in [9.17, 15) is 18.0 Å². The standard InChI is InChI=1S/C20H18F3NO/c1-19(2)12-13-7-3-4-8-14(13)17(24-19)11-18(25)15-9-5-6-10-16(15)20(21,22)23/h3-11,24H,12H2,1-2H3/b17-11-. The first-order valence-corrected chi connectivity index (χ1v) is 7.96. The monoisotopic (exact) mass is 345 g/mol. The molecule has 5 heteroatoms. The molecular formula is C20H18F3NO. The van der Waals surface area contributed by atoms with Crippen LogP contribution in [0.3, 0.4) is 0 Å². The average Bonchev–Trinajstić information content (AvgIpc) is 2.53. The number of rotatable bonds is 2. The molecule has 0 aromatic heterocycles. The van der Waals surface area contributed by atoms with Crippen molar-refractivity contribution in [1.82, 2.24) is 5.32 Å². The smallest absolute Gasteiger partial charge is 0.379 e. The quantitative estimate of drug-likeness (QED) is 0.622. The summed E-state index contributed by atoms with van der Waals surface area (Å²) < 4.78 is 39.5. The van der Waals surface area contributed by atoms with Crippen LogP contribution in [-0.2, 0) is 12.6 Å². The fourth-order valence-corrected chi connectivity index (χ4v) is 3.16. The van der Waals surface area contributed by atoms with Gasteiger partial charge in [-0.3, -0.25) is 4.79 Å². The largest absolute Gasteiger partial charge is 0.417 e. The molecule has 3 rings (SSSR count). The van der Waals surface area contributed by atoms with Gasteiger partial charge in [0.15, 0.2) is 5.78 Å². The minimum atomic E-state index is -4.57. The molecule has 1 N–H and O–H groups in total. The number of carbonyl (C=O) groups excluding carboxylic acids is 1. The van der Waals surface area contributed by atoms with Crippen LogP contribution < -0.4 is 5.32 Å². The van der Waals surface area contributed by atoms with Gasteiger partial charge in [-0.25, -0.2) is 0 Å². The molecule has 130 valence electrons. The van der Waals surface area contributed by atoms with Gasteiger partial charge in [0.05, 0.1) is 5.56 Å². The van der Waals surface area contributed by atoms with Crippen molar-refractivity contribution in [3.63, 3.8) is 0 Å².